The average molecular weight is 332 g/mol. The Bertz CT molecular complexity index is 745. The molecule has 0 radical (unpaired) electrons. The van der Waals surface area contributed by atoms with Crippen molar-refractivity contribution in [3.05, 3.63) is 50.4 Å². The molecule has 22 heavy (non-hydrogen) atoms. The number of halogens is 1. The second-order valence-corrected chi connectivity index (χ2v) is 7.14. The smallest absolute Gasteiger partial charge is 0.107 e. The van der Waals surface area contributed by atoms with Crippen LogP contribution in [0.2, 0.25) is 5.02 Å². The first-order valence-corrected chi connectivity index (χ1v) is 8.51. The number of nitriles is 1. The quantitative estimate of drug-likeness (QED) is 0.917. The summed E-state index contributed by atoms with van der Waals surface area (Å²) >= 11 is 8.01. The van der Waals surface area contributed by atoms with Crippen molar-refractivity contribution in [1.82, 2.24) is 4.90 Å². The monoisotopic (exact) mass is 331 g/mol. The van der Waals surface area contributed by atoms with Crippen LogP contribution < -0.4 is 5.32 Å². The van der Waals surface area contributed by atoms with Crippen molar-refractivity contribution in [2.24, 2.45) is 0 Å². The van der Waals surface area contributed by atoms with Crippen molar-refractivity contribution in [3.63, 3.8) is 0 Å². The lowest BCUT2D eigenvalue weighted by Crippen LogP contribution is -2.29. The number of rotatable bonds is 3. The Morgan fingerprint density at radius 1 is 1.45 bits per heavy atom. The largest absolute Gasteiger partial charge is 0.379 e. The maximum atomic E-state index is 9.35. The van der Waals surface area contributed by atoms with Crippen LogP contribution in [0.4, 0.5) is 5.00 Å². The Kier molecular flexibility index (Phi) is 4.39. The number of hydrogen-bond acceptors (Lipinski definition) is 4. The molecule has 0 atom stereocenters. The Morgan fingerprint density at radius 3 is 3.00 bits per heavy atom. The highest BCUT2D eigenvalue weighted by molar-refractivity contribution is 7.16. The SMILES string of the molecule is CNc1sc2c(c1C#N)CCN(Cc1cc(C)ccc1Cl)C2. The molecule has 1 N–H and O–H groups in total. The van der Waals surface area contributed by atoms with Crippen LogP contribution in [0, 0.1) is 18.3 Å². The normalized spacial score (nSPS) is 14.5. The molecule has 1 aromatic heterocycles. The first kappa shape index (κ1) is 15.4. The maximum absolute atomic E-state index is 9.35. The summed E-state index contributed by atoms with van der Waals surface area (Å²) in [5.74, 6) is 0. The number of fused-ring (bicyclic) bond motifs is 1. The van der Waals surface area contributed by atoms with E-state index in [1.165, 1.54) is 21.6 Å². The molecular formula is C17H18ClN3S. The molecule has 2 heterocycles. The molecule has 114 valence electrons. The average Bonchev–Trinajstić information content (AvgIpc) is 2.87. The molecule has 1 aliphatic heterocycles. The number of aryl methyl sites for hydroxylation is 1. The summed E-state index contributed by atoms with van der Waals surface area (Å²) in [6.45, 7) is 4.80. The molecule has 1 aliphatic rings. The molecular weight excluding hydrogens is 314 g/mol. The zero-order valence-corrected chi connectivity index (χ0v) is 14.3. The molecule has 0 unspecified atom stereocenters. The highest BCUT2D eigenvalue weighted by Gasteiger charge is 2.24. The Hall–Kier alpha value is -1.54. The number of hydrogen-bond donors (Lipinski definition) is 1. The first-order chi connectivity index (χ1) is 10.6. The van der Waals surface area contributed by atoms with Crippen LogP contribution in [-0.2, 0) is 19.5 Å². The predicted octanol–water partition coefficient (Wildman–Crippen LogP) is 4.18. The van der Waals surface area contributed by atoms with Gasteiger partial charge in [0.15, 0.2) is 0 Å². The Morgan fingerprint density at radius 2 is 2.27 bits per heavy atom. The summed E-state index contributed by atoms with van der Waals surface area (Å²) in [6, 6.07) is 8.51. The second kappa shape index (κ2) is 6.29. The Labute approximate surface area is 140 Å². The van der Waals surface area contributed by atoms with Crippen LogP contribution in [0.25, 0.3) is 0 Å². The van der Waals surface area contributed by atoms with Crippen LogP contribution in [-0.4, -0.2) is 18.5 Å². The lowest BCUT2D eigenvalue weighted by atomic mass is 10.0. The molecule has 0 spiro atoms. The number of benzene rings is 1. The summed E-state index contributed by atoms with van der Waals surface area (Å²) in [4.78, 5) is 3.70. The standard InChI is InChI=1S/C17H18ClN3S/c1-11-3-4-15(18)12(7-11)9-21-6-5-13-14(8-19)17(20-2)22-16(13)10-21/h3-4,7,20H,5-6,9-10H2,1-2H3. The minimum Gasteiger partial charge on any atom is -0.379 e. The summed E-state index contributed by atoms with van der Waals surface area (Å²) in [6.07, 6.45) is 0.930. The molecule has 0 amide bonds. The Balaban J connectivity index is 1.82. The fraction of sp³-hybridized carbons (Fsp3) is 0.353. The highest BCUT2D eigenvalue weighted by atomic mass is 35.5. The zero-order valence-electron chi connectivity index (χ0n) is 12.7. The summed E-state index contributed by atoms with van der Waals surface area (Å²) in [5, 5.41) is 14.3. The zero-order chi connectivity index (χ0) is 15.7. The van der Waals surface area contributed by atoms with Gasteiger partial charge in [0, 0.05) is 36.6 Å². The van der Waals surface area contributed by atoms with Gasteiger partial charge in [-0.05, 0) is 30.5 Å². The molecule has 2 aromatic rings. The molecule has 0 aliphatic carbocycles. The van der Waals surface area contributed by atoms with Gasteiger partial charge in [-0.3, -0.25) is 4.90 Å². The third kappa shape index (κ3) is 2.85. The van der Waals surface area contributed by atoms with Crippen LogP contribution in [0.1, 0.15) is 27.1 Å². The maximum Gasteiger partial charge on any atom is 0.107 e. The van der Waals surface area contributed by atoms with Crippen molar-refractivity contribution in [2.45, 2.75) is 26.4 Å². The van der Waals surface area contributed by atoms with Crippen LogP contribution >= 0.6 is 22.9 Å². The summed E-state index contributed by atoms with van der Waals surface area (Å²) < 4.78 is 0. The van der Waals surface area contributed by atoms with E-state index in [4.69, 9.17) is 11.6 Å². The van der Waals surface area contributed by atoms with E-state index in [1.54, 1.807) is 11.3 Å². The molecule has 5 heteroatoms. The molecule has 0 saturated heterocycles. The lowest BCUT2D eigenvalue weighted by molar-refractivity contribution is 0.249. The van der Waals surface area contributed by atoms with Gasteiger partial charge in [-0.1, -0.05) is 29.3 Å². The van der Waals surface area contributed by atoms with Crippen molar-refractivity contribution in [1.29, 1.82) is 5.26 Å². The van der Waals surface area contributed by atoms with Crippen molar-refractivity contribution < 1.29 is 0 Å². The highest BCUT2D eigenvalue weighted by Crippen LogP contribution is 2.36. The lowest BCUT2D eigenvalue weighted by Gasteiger charge is -2.27. The van der Waals surface area contributed by atoms with Gasteiger partial charge in [-0.2, -0.15) is 5.26 Å². The number of thiophene rings is 1. The van der Waals surface area contributed by atoms with Gasteiger partial charge in [-0.25, -0.2) is 0 Å². The van der Waals surface area contributed by atoms with Crippen LogP contribution in [0.15, 0.2) is 18.2 Å². The summed E-state index contributed by atoms with van der Waals surface area (Å²) in [5.41, 5.74) is 4.47. The van der Waals surface area contributed by atoms with Gasteiger partial charge in [-0.15, -0.1) is 11.3 Å². The van der Waals surface area contributed by atoms with E-state index in [0.29, 0.717) is 0 Å². The van der Waals surface area contributed by atoms with E-state index < -0.39 is 0 Å². The molecule has 1 aromatic carbocycles. The van der Waals surface area contributed by atoms with Crippen LogP contribution in [0.5, 0.6) is 0 Å². The van der Waals surface area contributed by atoms with Crippen molar-refractivity contribution in [3.8, 4) is 6.07 Å². The van der Waals surface area contributed by atoms with Gasteiger partial charge in [0.25, 0.3) is 0 Å². The van der Waals surface area contributed by atoms with Crippen LogP contribution in [0.3, 0.4) is 0 Å². The second-order valence-electron chi connectivity index (χ2n) is 5.63. The predicted molar refractivity (Wildman–Crippen MR) is 92.6 cm³/mol. The summed E-state index contributed by atoms with van der Waals surface area (Å²) in [7, 11) is 1.88. The fourth-order valence-electron chi connectivity index (χ4n) is 2.95. The van der Waals surface area contributed by atoms with Gasteiger partial charge < -0.3 is 5.32 Å². The van der Waals surface area contributed by atoms with Gasteiger partial charge >= 0.3 is 0 Å². The number of nitrogens with zero attached hydrogens (tertiary/aromatic N) is 2. The molecule has 0 bridgehead atoms. The minimum atomic E-state index is 0.829. The molecule has 0 saturated carbocycles. The minimum absolute atomic E-state index is 0.829. The number of anilines is 1. The van der Waals surface area contributed by atoms with E-state index >= 15 is 0 Å². The van der Waals surface area contributed by atoms with Gasteiger partial charge in [0.2, 0.25) is 0 Å². The van der Waals surface area contributed by atoms with E-state index in [9.17, 15) is 5.26 Å². The topological polar surface area (TPSA) is 39.1 Å². The van der Waals surface area contributed by atoms with Crippen molar-refractivity contribution in [2.75, 3.05) is 18.9 Å². The molecule has 0 fully saturated rings. The number of nitrogens with one attached hydrogen (secondary N) is 1. The van der Waals surface area contributed by atoms with E-state index in [0.717, 1.165) is 41.6 Å². The third-order valence-electron chi connectivity index (χ3n) is 4.07. The third-order valence-corrected chi connectivity index (χ3v) is 5.67. The molecule has 3 rings (SSSR count). The van der Waals surface area contributed by atoms with E-state index in [-0.39, 0.29) is 0 Å². The van der Waals surface area contributed by atoms with E-state index in [1.807, 2.05) is 19.2 Å². The van der Waals surface area contributed by atoms with Gasteiger partial charge in [0.05, 0.1) is 5.56 Å². The molecule has 3 nitrogen and oxygen atoms in total. The fourth-order valence-corrected chi connectivity index (χ4v) is 4.32. The van der Waals surface area contributed by atoms with E-state index in [2.05, 4.69) is 29.3 Å². The van der Waals surface area contributed by atoms with Crippen molar-refractivity contribution >= 4 is 27.9 Å². The van der Waals surface area contributed by atoms with Gasteiger partial charge in [0.1, 0.15) is 11.1 Å². The first-order valence-electron chi connectivity index (χ1n) is 7.32.